The minimum Gasteiger partial charge on any atom is -0.326 e. The van der Waals surface area contributed by atoms with E-state index < -0.39 is 0 Å². The second-order valence-electron chi connectivity index (χ2n) is 4.72. The van der Waals surface area contributed by atoms with Crippen LogP contribution in [0.5, 0.6) is 0 Å². The summed E-state index contributed by atoms with van der Waals surface area (Å²) in [6.45, 7) is 6.20. The minimum atomic E-state index is 0.769. The van der Waals surface area contributed by atoms with Gasteiger partial charge < -0.3 is 20.4 Å². The largest absolute Gasteiger partial charge is 0.326 e. The molecular weight excluding hydrogens is 176 g/mol. The molecule has 0 fully saturated rings. The van der Waals surface area contributed by atoms with Crippen LogP contribution in [0.15, 0.2) is 0 Å². The third kappa shape index (κ3) is 8.44. The fourth-order valence-electron chi connectivity index (χ4n) is 1.27. The average Bonchev–Trinajstić information content (AvgIpc) is 2.02. The van der Waals surface area contributed by atoms with Crippen LogP contribution < -0.4 is 11.1 Å². The molecule has 86 valence electrons. The highest BCUT2D eigenvalue weighted by atomic mass is 15.3. The smallest absolute Gasteiger partial charge is 0.0909 e. The molecule has 0 radical (unpaired) electrons. The van der Waals surface area contributed by atoms with Crippen LogP contribution in [0.25, 0.3) is 0 Å². The van der Waals surface area contributed by atoms with Gasteiger partial charge in [-0.25, -0.2) is 0 Å². The molecule has 0 aromatic carbocycles. The van der Waals surface area contributed by atoms with Crippen LogP contribution in [-0.4, -0.2) is 76.8 Å². The molecule has 0 bridgehead atoms. The maximum absolute atomic E-state index is 5.54. The van der Waals surface area contributed by atoms with Gasteiger partial charge in [-0.1, -0.05) is 0 Å². The molecular formula is C10H27N4+. The summed E-state index contributed by atoms with van der Waals surface area (Å²) >= 11 is 0. The van der Waals surface area contributed by atoms with E-state index in [4.69, 9.17) is 5.73 Å². The van der Waals surface area contributed by atoms with E-state index in [2.05, 4.69) is 38.4 Å². The van der Waals surface area contributed by atoms with Crippen LogP contribution in [0.3, 0.4) is 0 Å². The summed E-state index contributed by atoms with van der Waals surface area (Å²) < 4.78 is 1.01. The van der Waals surface area contributed by atoms with Crippen molar-refractivity contribution in [1.29, 1.82) is 0 Å². The third-order valence-electron chi connectivity index (χ3n) is 2.36. The van der Waals surface area contributed by atoms with Crippen molar-refractivity contribution >= 4 is 0 Å². The van der Waals surface area contributed by atoms with E-state index in [9.17, 15) is 0 Å². The zero-order chi connectivity index (χ0) is 11.0. The van der Waals surface area contributed by atoms with Crippen molar-refractivity contribution in [2.24, 2.45) is 5.73 Å². The predicted octanol–water partition coefficient (Wildman–Crippen LogP) is -0.827. The summed E-state index contributed by atoms with van der Waals surface area (Å²) in [4.78, 5) is 2.19. The zero-order valence-electron chi connectivity index (χ0n) is 10.2. The van der Waals surface area contributed by atoms with Gasteiger partial charge in [0.1, 0.15) is 0 Å². The summed E-state index contributed by atoms with van der Waals surface area (Å²) in [7, 11) is 8.63. The van der Waals surface area contributed by atoms with E-state index in [0.717, 1.165) is 43.8 Å². The van der Waals surface area contributed by atoms with Crippen LogP contribution in [0.4, 0.5) is 0 Å². The number of rotatable bonds is 8. The van der Waals surface area contributed by atoms with Crippen LogP contribution >= 0.6 is 0 Å². The molecule has 14 heavy (non-hydrogen) atoms. The Kier molecular flexibility index (Phi) is 7.09. The Morgan fingerprint density at radius 1 is 1.14 bits per heavy atom. The Bertz CT molecular complexity index is 134. The Labute approximate surface area is 88.6 Å². The molecule has 0 aliphatic rings. The molecule has 4 heteroatoms. The van der Waals surface area contributed by atoms with E-state index in [-0.39, 0.29) is 0 Å². The van der Waals surface area contributed by atoms with Gasteiger partial charge in [0.15, 0.2) is 0 Å². The second kappa shape index (κ2) is 7.17. The normalized spacial score (nSPS) is 12.4. The molecule has 0 aliphatic heterocycles. The van der Waals surface area contributed by atoms with Crippen molar-refractivity contribution in [1.82, 2.24) is 10.2 Å². The average molecular weight is 203 g/mol. The lowest BCUT2D eigenvalue weighted by molar-refractivity contribution is -0.887. The number of nitrogens with zero attached hydrogens (tertiary/aromatic N) is 2. The van der Waals surface area contributed by atoms with Crippen molar-refractivity contribution in [3.05, 3.63) is 0 Å². The zero-order valence-corrected chi connectivity index (χ0v) is 10.2. The first-order valence-electron chi connectivity index (χ1n) is 5.35. The van der Waals surface area contributed by atoms with E-state index in [0.29, 0.717) is 0 Å². The molecule has 3 N–H and O–H groups in total. The molecule has 4 nitrogen and oxygen atoms in total. The summed E-state index contributed by atoms with van der Waals surface area (Å²) in [5.41, 5.74) is 5.54. The van der Waals surface area contributed by atoms with Crippen LogP contribution in [0, 0.1) is 0 Å². The minimum absolute atomic E-state index is 0.769. The summed E-state index contributed by atoms with van der Waals surface area (Å²) in [6, 6.07) is 0. The SMILES string of the molecule is CN(C)CCNCC[N+](C)(C)CCN. The van der Waals surface area contributed by atoms with Crippen molar-refractivity contribution in [2.45, 2.75) is 0 Å². The van der Waals surface area contributed by atoms with E-state index in [1.54, 1.807) is 0 Å². The fourth-order valence-corrected chi connectivity index (χ4v) is 1.27. The molecule has 0 unspecified atom stereocenters. The topological polar surface area (TPSA) is 41.3 Å². The lowest BCUT2D eigenvalue weighted by Gasteiger charge is -2.29. The fraction of sp³-hybridized carbons (Fsp3) is 1.00. The number of hydrogen-bond donors (Lipinski definition) is 2. The van der Waals surface area contributed by atoms with Gasteiger partial charge in [0.25, 0.3) is 0 Å². The number of hydrogen-bond acceptors (Lipinski definition) is 3. The molecule has 0 aliphatic carbocycles. The summed E-state index contributed by atoms with van der Waals surface area (Å²) in [6.07, 6.45) is 0. The van der Waals surface area contributed by atoms with Gasteiger partial charge in [-0.05, 0) is 14.1 Å². The number of nitrogens with two attached hydrogens (primary N) is 1. The van der Waals surface area contributed by atoms with Gasteiger partial charge in [-0.3, -0.25) is 0 Å². The first-order chi connectivity index (χ1) is 6.48. The molecule has 0 spiro atoms. The van der Waals surface area contributed by atoms with Gasteiger partial charge in [0.05, 0.1) is 27.2 Å². The Morgan fingerprint density at radius 3 is 2.29 bits per heavy atom. The standard InChI is InChI=1S/C10H27N4/c1-13(2)8-6-12-7-10-14(3,4)9-5-11/h12H,5-11H2,1-4H3/q+1. The van der Waals surface area contributed by atoms with Gasteiger partial charge in [-0.15, -0.1) is 0 Å². The van der Waals surface area contributed by atoms with Gasteiger partial charge >= 0.3 is 0 Å². The molecule has 0 heterocycles. The molecule has 0 saturated carbocycles. The summed E-state index contributed by atoms with van der Waals surface area (Å²) in [5, 5.41) is 3.43. The van der Waals surface area contributed by atoms with E-state index >= 15 is 0 Å². The van der Waals surface area contributed by atoms with Crippen molar-refractivity contribution < 1.29 is 4.48 Å². The van der Waals surface area contributed by atoms with Gasteiger partial charge in [0.2, 0.25) is 0 Å². The lowest BCUT2D eigenvalue weighted by Crippen LogP contribution is -2.47. The highest BCUT2D eigenvalue weighted by molar-refractivity contribution is 4.50. The molecule has 0 amide bonds. The monoisotopic (exact) mass is 203 g/mol. The molecule has 0 aromatic heterocycles. The highest BCUT2D eigenvalue weighted by Gasteiger charge is 2.11. The second-order valence-corrected chi connectivity index (χ2v) is 4.72. The lowest BCUT2D eigenvalue weighted by atomic mass is 10.4. The van der Waals surface area contributed by atoms with E-state index in [1.807, 2.05) is 0 Å². The Hall–Kier alpha value is -0.160. The van der Waals surface area contributed by atoms with Gasteiger partial charge in [-0.2, -0.15) is 0 Å². The molecule has 0 aromatic rings. The maximum atomic E-state index is 5.54. The van der Waals surface area contributed by atoms with Crippen molar-refractivity contribution in [3.8, 4) is 0 Å². The quantitative estimate of drug-likeness (QED) is 0.400. The first kappa shape index (κ1) is 13.8. The van der Waals surface area contributed by atoms with Crippen molar-refractivity contribution in [3.63, 3.8) is 0 Å². The Morgan fingerprint density at radius 2 is 1.79 bits per heavy atom. The number of likely N-dealkylation sites (N-methyl/N-ethyl adjacent to an activating group) is 2. The molecule has 0 atom stereocenters. The predicted molar refractivity (Wildman–Crippen MR) is 62.3 cm³/mol. The maximum Gasteiger partial charge on any atom is 0.0909 e. The number of quaternary nitrogens is 1. The van der Waals surface area contributed by atoms with Crippen LogP contribution in [0.2, 0.25) is 0 Å². The molecule has 0 saturated heterocycles. The van der Waals surface area contributed by atoms with Crippen LogP contribution in [0.1, 0.15) is 0 Å². The highest BCUT2D eigenvalue weighted by Crippen LogP contribution is 1.92. The molecule has 0 rings (SSSR count). The number of nitrogens with one attached hydrogen (secondary N) is 1. The van der Waals surface area contributed by atoms with Crippen molar-refractivity contribution in [2.75, 3.05) is 67.5 Å². The Balaban J connectivity index is 3.34. The third-order valence-corrected chi connectivity index (χ3v) is 2.36. The van der Waals surface area contributed by atoms with E-state index in [1.165, 1.54) is 0 Å². The van der Waals surface area contributed by atoms with Crippen LogP contribution in [-0.2, 0) is 0 Å². The first-order valence-corrected chi connectivity index (χ1v) is 5.35. The summed E-state index contributed by atoms with van der Waals surface area (Å²) in [5.74, 6) is 0. The van der Waals surface area contributed by atoms with Gasteiger partial charge in [0, 0.05) is 26.2 Å².